The van der Waals surface area contributed by atoms with E-state index >= 15 is 0 Å². The van der Waals surface area contributed by atoms with Crippen LogP contribution in [0.25, 0.3) is 27.6 Å². The van der Waals surface area contributed by atoms with Gasteiger partial charge in [-0.1, -0.05) is 57.9 Å². The molecule has 3 nitrogen and oxygen atoms in total. The summed E-state index contributed by atoms with van der Waals surface area (Å²) in [6, 6.07) is 16.7. The highest BCUT2D eigenvalue weighted by Crippen LogP contribution is 2.30. The lowest BCUT2D eigenvalue weighted by molar-refractivity contribution is 1.11. The number of hydrogen-bond acceptors (Lipinski definition) is 3. The second kappa shape index (κ2) is 5.34. The summed E-state index contributed by atoms with van der Waals surface area (Å²) < 4.78 is 3.20. The zero-order valence-electron chi connectivity index (χ0n) is 11.8. The van der Waals surface area contributed by atoms with Crippen molar-refractivity contribution in [2.45, 2.75) is 6.92 Å². The van der Waals surface area contributed by atoms with Gasteiger partial charge in [0.05, 0.1) is 5.69 Å². The highest BCUT2D eigenvalue weighted by molar-refractivity contribution is 9.10. The van der Waals surface area contributed by atoms with Gasteiger partial charge >= 0.3 is 0 Å². The molecule has 0 radical (unpaired) electrons. The van der Waals surface area contributed by atoms with Crippen molar-refractivity contribution < 1.29 is 0 Å². The molecule has 2 heterocycles. The molecule has 2 aromatic carbocycles. The highest BCUT2D eigenvalue weighted by atomic mass is 79.9. The van der Waals surface area contributed by atoms with E-state index in [-0.39, 0.29) is 0 Å². The summed E-state index contributed by atoms with van der Waals surface area (Å²) in [5, 5.41) is 10.8. The van der Waals surface area contributed by atoms with Crippen LogP contribution in [0.2, 0.25) is 0 Å². The zero-order chi connectivity index (χ0) is 15.1. The summed E-state index contributed by atoms with van der Waals surface area (Å²) in [4.78, 5) is 0.911. The van der Waals surface area contributed by atoms with Crippen molar-refractivity contribution in [1.82, 2.24) is 14.6 Å². The molecule has 4 rings (SSSR count). The number of fused-ring (bicyclic) bond motifs is 1. The van der Waals surface area contributed by atoms with Crippen LogP contribution in [-0.2, 0) is 0 Å². The number of benzene rings is 2. The Morgan fingerprint density at radius 1 is 0.909 bits per heavy atom. The van der Waals surface area contributed by atoms with Crippen LogP contribution in [0.1, 0.15) is 5.56 Å². The number of halogens is 1. The van der Waals surface area contributed by atoms with Crippen LogP contribution in [0.3, 0.4) is 0 Å². The van der Waals surface area contributed by atoms with Gasteiger partial charge in [-0.2, -0.15) is 0 Å². The van der Waals surface area contributed by atoms with Crippen LogP contribution >= 0.6 is 27.3 Å². The maximum atomic E-state index is 4.37. The molecule has 4 aromatic rings. The fraction of sp³-hybridized carbons (Fsp3) is 0.0588. The van der Waals surface area contributed by atoms with E-state index in [0.717, 1.165) is 32.1 Å². The maximum Gasteiger partial charge on any atom is 0.216 e. The molecule has 0 unspecified atom stereocenters. The second-order valence-corrected chi connectivity index (χ2v) is 6.89. The van der Waals surface area contributed by atoms with Crippen molar-refractivity contribution in [3.8, 4) is 22.6 Å². The lowest BCUT2D eigenvalue weighted by Crippen LogP contribution is -1.91. The largest absolute Gasteiger partial charge is 0.265 e. The topological polar surface area (TPSA) is 30.2 Å². The Morgan fingerprint density at radius 3 is 2.32 bits per heavy atom. The van der Waals surface area contributed by atoms with Crippen LogP contribution in [0, 0.1) is 6.92 Å². The first-order valence-corrected chi connectivity index (χ1v) is 8.55. The normalized spacial score (nSPS) is 11.2. The summed E-state index contributed by atoms with van der Waals surface area (Å²) >= 11 is 5.09. The summed E-state index contributed by atoms with van der Waals surface area (Å²) in [7, 11) is 0. The van der Waals surface area contributed by atoms with Crippen LogP contribution in [0.5, 0.6) is 0 Å². The molecule has 0 aliphatic rings. The number of aryl methyl sites for hydroxylation is 1. The van der Waals surface area contributed by atoms with Gasteiger partial charge in [-0.3, -0.25) is 4.40 Å². The van der Waals surface area contributed by atoms with E-state index in [9.17, 15) is 0 Å². The minimum absolute atomic E-state index is 0.883. The van der Waals surface area contributed by atoms with E-state index in [1.807, 2.05) is 0 Å². The number of hydrogen-bond donors (Lipinski definition) is 0. The molecule has 0 fully saturated rings. The van der Waals surface area contributed by atoms with Crippen molar-refractivity contribution >= 4 is 32.2 Å². The van der Waals surface area contributed by atoms with Gasteiger partial charge in [0.25, 0.3) is 0 Å². The van der Waals surface area contributed by atoms with Gasteiger partial charge in [-0.15, -0.1) is 21.5 Å². The first kappa shape index (κ1) is 13.7. The monoisotopic (exact) mass is 369 g/mol. The third kappa shape index (κ3) is 2.26. The van der Waals surface area contributed by atoms with Crippen molar-refractivity contribution in [2.24, 2.45) is 0 Å². The lowest BCUT2D eigenvalue weighted by Gasteiger charge is -2.04. The third-order valence-corrected chi connectivity index (χ3v) is 4.94. The summed E-state index contributed by atoms with van der Waals surface area (Å²) in [5.74, 6) is 0.883. The minimum atomic E-state index is 0.883. The average molecular weight is 370 g/mol. The van der Waals surface area contributed by atoms with Crippen molar-refractivity contribution in [2.75, 3.05) is 0 Å². The van der Waals surface area contributed by atoms with Gasteiger partial charge in [-0.25, -0.2) is 0 Å². The van der Waals surface area contributed by atoms with Gasteiger partial charge in [-0.05, 0) is 24.6 Å². The van der Waals surface area contributed by atoms with E-state index in [1.165, 1.54) is 5.56 Å². The molecule has 0 bridgehead atoms. The van der Waals surface area contributed by atoms with E-state index in [1.54, 1.807) is 11.3 Å². The third-order valence-electron chi connectivity index (χ3n) is 3.60. The SMILES string of the molecule is Cc1ccc(-c2nnc3scc(-c4ccc(Br)cc4)n23)cc1. The minimum Gasteiger partial charge on any atom is -0.265 e. The van der Waals surface area contributed by atoms with Gasteiger partial charge in [0, 0.05) is 15.4 Å². The molecule has 0 aliphatic carbocycles. The van der Waals surface area contributed by atoms with Crippen LogP contribution in [0.4, 0.5) is 0 Å². The molecule has 0 aliphatic heterocycles. The van der Waals surface area contributed by atoms with E-state index in [2.05, 4.69) is 91.4 Å². The van der Waals surface area contributed by atoms with Crippen LogP contribution in [0.15, 0.2) is 58.4 Å². The standard InChI is InChI=1S/C17H12BrN3S/c1-11-2-4-13(5-3-11)16-19-20-17-21(16)15(10-22-17)12-6-8-14(18)9-7-12/h2-10H,1H3. The highest BCUT2D eigenvalue weighted by Gasteiger charge is 2.14. The number of nitrogens with zero attached hydrogens (tertiary/aromatic N) is 3. The molecular formula is C17H12BrN3S. The fourth-order valence-electron chi connectivity index (χ4n) is 2.43. The molecular weight excluding hydrogens is 358 g/mol. The van der Waals surface area contributed by atoms with E-state index < -0.39 is 0 Å². The Hall–Kier alpha value is -1.98. The van der Waals surface area contributed by atoms with Gasteiger partial charge in [0.1, 0.15) is 0 Å². The van der Waals surface area contributed by atoms with Crippen LogP contribution in [-0.4, -0.2) is 14.6 Å². The van der Waals surface area contributed by atoms with E-state index in [4.69, 9.17) is 0 Å². The molecule has 108 valence electrons. The number of thiazole rings is 1. The predicted octanol–water partition coefficient (Wildman–Crippen LogP) is 5.20. The van der Waals surface area contributed by atoms with E-state index in [0.29, 0.717) is 0 Å². The lowest BCUT2D eigenvalue weighted by atomic mass is 10.1. The molecule has 0 spiro atoms. The summed E-state index contributed by atoms with van der Waals surface area (Å²) in [5.41, 5.74) is 4.59. The molecule has 22 heavy (non-hydrogen) atoms. The summed E-state index contributed by atoms with van der Waals surface area (Å²) in [6.45, 7) is 2.08. The fourth-order valence-corrected chi connectivity index (χ4v) is 3.53. The molecule has 0 atom stereocenters. The summed E-state index contributed by atoms with van der Waals surface area (Å²) in [6.07, 6.45) is 0. The van der Waals surface area contributed by atoms with Crippen LogP contribution < -0.4 is 0 Å². The molecule has 5 heteroatoms. The molecule has 2 aromatic heterocycles. The first-order chi connectivity index (χ1) is 10.7. The molecule has 0 N–H and O–H groups in total. The predicted molar refractivity (Wildman–Crippen MR) is 94.2 cm³/mol. The second-order valence-electron chi connectivity index (χ2n) is 5.14. The smallest absolute Gasteiger partial charge is 0.216 e. The molecule has 0 amide bonds. The van der Waals surface area contributed by atoms with Gasteiger partial charge in [0.2, 0.25) is 4.96 Å². The number of rotatable bonds is 2. The van der Waals surface area contributed by atoms with Crippen molar-refractivity contribution in [1.29, 1.82) is 0 Å². The van der Waals surface area contributed by atoms with Gasteiger partial charge in [0.15, 0.2) is 5.82 Å². The maximum absolute atomic E-state index is 4.37. The van der Waals surface area contributed by atoms with Crippen molar-refractivity contribution in [3.63, 3.8) is 0 Å². The Kier molecular flexibility index (Phi) is 3.32. The molecule has 0 saturated carbocycles. The van der Waals surface area contributed by atoms with Crippen molar-refractivity contribution in [3.05, 3.63) is 63.9 Å². The zero-order valence-corrected chi connectivity index (χ0v) is 14.2. The Morgan fingerprint density at radius 2 is 1.59 bits per heavy atom. The number of aromatic nitrogens is 3. The Bertz CT molecular complexity index is 861. The Balaban J connectivity index is 1.92. The quantitative estimate of drug-likeness (QED) is 0.486. The molecule has 0 saturated heterocycles. The first-order valence-electron chi connectivity index (χ1n) is 6.88. The average Bonchev–Trinajstić information content (AvgIpc) is 3.11. The Labute approximate surface area is 140 Å². The van der Waals surface area contributed by atoms with Gasteiger partial charge < -0.3 is 0 Å².